The maximum Gasteiger partial charge on any atom is 0.307 e. The van der Waals surface area contributed by atoms with Gasteiger partial charge in [0.05, 0.1) is 11.8 Å². The molecular weight excluding hydrogens is 290 g/mol. The lowest BCUT2D eigenvalue weighted by atomic mass is 9.76. The first kappa shape index (κ1) is 15.6. The van der Waals surface area contributed by atoms with Crippen LogP contribution in [-0.4, -0.2) is 17.0 Å². The van der Waals surface area contributed by atoms with E-state index in [1.54, 1.807) is 24.3 Å². The monoisotopic (exact) mass is 307 g/mol. The molecule has 1 aliphatic carbocycles. The predicted octanol–water partition coefficient (Wildman–Crippen LogP) is 3.73. The molecule has 0 unspecified atom stereocenters. The van der Waals surface area contributed by atoms with E-state index in [0.29, 0.717) is 23.6 Å². The van der Waals surface area contributed by atoms with E-state index in [0.717, 1.165) is 11.1 Å². The van der Waals surface area contributed by atoms with E-state index < -0.39 is 17.8 Å². The van der Waals surface area contributed by atoms with Crippen molar-refractivity contribution in [1.82, 2.24) is 0 Å². The number of carbonyl (C=O) groups is 2. The standard InChI is InChI=1S/C16H18ClNO3/c1-9-7-13(14(16(20)21)8-10(9)2)15(19)18-12-5-3-11(17)4-6-12/h3-6,13-14H,7-8H2,1-2H3,(H,18,19)(H,20,21)/t13-,14-/m0/s1. The topological polar surface area (TPSA) is 66.4 Å². The summed E-state index contributed by atoms with van der Waals surface area (Å²) in [5.74, 6) is -2.38. The van der Waals surface area contributed by atoms with E-state index in [1.807, 2.05) is 13.8 Å². The number of halogens is 1. The van der Waals surface area contributed by atoms with E-state index in [4.69, 9.17) is 11.6 Å². The van der Waals surface area contributed by atoms with Crippen LogP contribution in [0.3, 0.4) is 0 Å². The van der Waals surface area contributed by atoms with E-state index >= 15 is 0 Å². The second kappa shape index (κ2) is 6.31. The van der Waals surface area contributed by atoms with Crippen LogP contribution in [-0.2, 0) is 9.59 Å². The maximum atomic E-state index is 12.4. The molecule has 0 heterocycles. The smallest absolute Gasteiger partial charge is 0.307 e. The third-order valence-electron chi connectivity index (χ3n) is 4.03. The lowest BCUT2D eigenvalue weighted by Gasteiger charge is -2.29. The highest BCUT2D eigenvalue weighted by atomic mass is 35.5. The molecular formula is C16H18ClNO3. The summed E-state index contributed by atoms with van der Waals surface area (Å²) >= 11 is 5.80. The number of hydrogen-bond acceptors (Lipinski definition) is 2. The van der Waals surface area contributed by atoms with Gasteiger partial charge in [-0.2, -0.15) is 0 Å². The van der Waals surface area contributed by atoms with Gasteiger partial charge >= 0.3 is 5.97 Å². The summed E-state index contributed by atoms with van der Waals surface area (Å²) in [7, 11) is 0. The molecule has 0 spiro atoms. The summed E-state index contributed by atoms with van der Waals surface area (Å²) in [4.78, 5) is 23.8. The average molecular weight is 308 g/mol. The van der Waals surface area contributed by atoms with Crippen molar-refractivity contribution in [1.29, 1.82) is 0 Å². The number of hydrogen-bond donors (Lipinski definition) is 2. The van der Waals surface area contributed by atoms with Crippen molar-refractivity contribution in [3.8, 4) is 0 Å². The summed E-state index contributed by atoms with van der Waals surface area (Å²) < 4.78 is 0. The molecule has 0 radical (unpaired) electrons. The Labute approximate surface area is 128 Å². The molecule has 0 aromatic heterocycles. The Kier molecular flexibility index (Phi) is 4.68. The molecule has 1 aromatic rings. The second-order valence-corrected chi connectivity index (χ2v) is 5.95. The molecule has 2 atom stereocenters. The lowest BCUT2D eigenvalue weighted by molar-refractivity contribution is -0.146. The minimum Gasteiger partial charge on any atom is -0.481 e. The van der Waals surface area contributed by atoms with E-state index in [9.17, 15) is 14.7 Å². The average Bonchev–Trinajstić information content (AvgIpc) is 2.43. The Morgan fingerprint density at radius 1 is 1.10 bits per heavy atom. The number of benzene rings is 1. The van der Waals surface area contributed by atoms with Gasteiger partial charge in [0.25, 0.3) is 0 Å². The number of carboxylic acid groups (broad SMARTS) is 1. The largest absolute Gasteiger partial charge is 0.481 e. The van der Waals surface area contributed by atoms with Crippen molar-refractivity contribution in [3.05, 3.63) is 40.4 Å². The number of carbonyl (C=O) groups excluding carboxylic acids is 1. The van der Waals surface area contributed by atoms with Crippen LogP contribution in [0.1, 0.15) is 26.7 Å². The second-order valence-electron chi connectivity index (χ2n) is 5.52. The summed E-state index contributed by atoms with van der Waals surface area (Å²) in [6, 6.07) is 6.77. The minimum atomic E-state index is -0.918. The molecule has 0 saturated carbocycles. The molecule has 1 aromatic carbocycles. The molecule has 5 heteroatoms. The van der Waals surface area contributed by atoms with Gasteiger partial charge in [0.1, 0.15) is 0 Å². The quantitative estimate of drug-likeness (QED) is 0.836. The van der Waals surface area contributed by atoms with Crippen LogP contribution in [0.25, 0.3) is 0 Å². The summed E-state index contributed by atoms with van der Waals surface area (Å²) in [5.41, 5.74) is 2.79. The molecule has 0 fully saturated rings. The zero-order chi connectivity index (χ0) is 15.6. The SMILES string of the molecule is CC1=C(C)C[C@H](C(=O)Nc2ccc(Cl)cc2)[C@@H](C(=O)O)C1. The Morgan fingerprint density at radius 3 is 2.14 bits per heavy atom. The highest BCUT2D eigenvalue weighted by Gasteiger charge is 2.37. The first-order valence-electron chi connectivity index (χ1n) is 6.83. The summed E-state index contributed by atoms with van der Waals surface area (Å²) in [5, 5.41) is 12.7. The number of allylic oxidation sites excluding steroid dienone is 2. The normalized spacial score (nSPS) is 22.0. The molecule has 0 bridgehead atoms. The molecule has 1 aliphatic rings. The van der Waals surface area contributed by atoms with Crippen LogP contribution in [0.15, 0.2) is 35.4 Å². The number of anilines is 1. The summed E-state index contributed by atoms with van der Waals surface area (Å²) in [6.45, 7) is 3.88. The van der Waals surface area contributed by atoms with Crippen molar-refractivity contribution in [2.75, 3.05) is 5.32 Å². The van der Waals surface area contributed by atoms with Gasteiger partial charge in [-0.25, -0.2) is 0 Å². The highest BCUT2D eigenvalue weighted by Crippen LogP contribution is 2.35. The van der Waals surface area contributed by atoms with Crippen molar-refractivity contribution in [2.24, 2.45) is 11.8 Å². The highest BCUT2D eigenvalue weighted by molar-refractivity contribution is 6.30. The number of carboxylic acids is 1. The number of nitrogens with one attached hydrogen (secondary N) is 1. The lowest BCUT2D eigenvalue weighted by Crippen LogP contribution is -2.36. The van der Waals surface area contributed by atoms with Gasteiger partial charge in [-0.05, 0) is 51.0 Å². The maximum absolute atomic E-state index is 12.4. The van der Waals surface area contributed by atoms with Gasteiger partial charge in [-0.3, -0.25) is 9.59 Å². The fourth-order valence-electron chi connectivity index (χ4n) is 2.60. The van der Waals surface area contributed by atoms with Gasteiger partial charge in [0, 0.05) is 10.7 Å². The van der Waals surface area contributed by atoms with Crippen LogP contribution in [0, 0.1) is 11.8 Å². The van der Waals surface area contributed by atoms with Crippen LogP contribution < -0.4 is 5.32 Å². The summed E-state index contributed by atoms with van der Waals surface area (Å²) in [6.07, 6.45) is 0.919. The Hall–Kier alpha value is -1.81. The van der Waals surface area contributed by atoms with Crippen molar-refractivity contribution in [2.45, 2.75) is 26.7 Å². The van der Waals surface area contributed by atoms with E-state index in [1.165, 1.54) is 0 Å². The van der Waals surface area contributed by atoms with Gasteiger partial charge in [-0.15, -0.1) is 0 Å². The molecule has 1 amide bonds. The molecule has 112 valence electrons. The van der Waals surface area contributed by atoms with Crippen LogP contribution in [0.5, 0.6) is 0 Å². The molecule has 2 N–H and O–H groups in total. The zero-order valence-corrected chi connectivity index (χ0v) is 12.8. The Bertz CT molecular complexity index is 592. The van der Waals surface area contributed by atoms with Gasteiger partial charge < -0.3 is 10.4 Å². The fourth-order valence-corrected chi connectivity index (χ4v) is 2.72. The molecule has 21 heavy (non-hydrogen) atoms. The van der Waals surface area contributed by atoms with Crippen molar-refractivity contribution in [3.63, 3.8) is 0 Å². The van der Waals surface area contributed by atoms with Gasteiger partial charge in [0.15, 0.2) is 0 Å². The number of aliphatic carboxylic acids is 1. The first-order valence-corrected chi connectivity index (χ1v) is 7.20. The molecule has 4 nitrogen and oxygen atoms in total. The van der Waals surface area contributed by atoms with Crippen molar-refractivity contribution >= 4 is 29.2 Å². The van der Waals surface area contributed by atoms with Crippen molar-refractivity contribution < 1.29 is 14.7 Å². The fraction of sp³-hybridized carbons (Fsp3) is 0.375. The number of rotatable bonds is 3. The third-order valence-corrected chi connectivity index (χ3v) is 4.28. The van der Waals surface area contributed by atoms with E-state index in [2.05, 4.69) is 5.32 Å². The number of amides is 1. The molecule has 0 saturated heterocycles. The van der Waals surface area contributed by atoms with Gasteiger partial charge in [0.2, 0.25) is 5.91 Å². The first-order chi connectivity index (χ1) is 9.88. The predicted molar refractivity (Wildman–Crippen MR) is 82.3 cm³/mol. The molecule has 0 aliphatic heterocycles. The minimum absolute atomic E-state index is 0.253. The zero-order valence-electron chi connectivity index (χ0n) is 12.0. The van der Waals surface area contributed by atoms with Crippen LogP contribution in [0.2, 0.25) is 5.02 Å². The van der Waals surface area contributed by atoms with Gasteiger partial charge in [-0.1, -0.05) is 22.7 Å². The molecule has 2 rings (SSSR count). The third kappa shape index (κ3) is 3.64. The van der Waals surface area contributed by atoms with Crippen LogP contribution in [0.4, 0.5) is 5.69 Å². The Balaban J connectivity index is 2.16. The van der Waals surface area contributed by atoms with E-state index in [-0.39, 0.29) is 5.91 Å². The van der Waals surface area contributed by atoms with Crippen LogP contribution >= 0.6 is 11.6 Å². The Morgan fingerprint density at radius 2 is 1.62 bits per heavy atom.